The second kappa shape index (κ2) is 4.80. The molecule has 0 amide bonds. The summed E-state index contributed by atoms with van der Waals surface area (Å²) in [7, 11) is 0. The molecule has 0 spiro atoms. The van der Waals surface area contributed by atoms with E-state index in [1.807, 2.05) is 37.3 Å². The molecule has 2 heteroatoms. The summed E-state index contributed by atoms with van der Waals surface area (Å²) in [4.78, 5) is 10.8. The molecule has 0 bridgehead atoms. The lowest BCUT2D eigenvalue weighted by Crippen LogP contribution is -2.19. The minimum absolute atomic E-state index is 0.0742. The van der Waals surface area contributed by atoms with E-state index in [1.54, 1.807) is 0 Å². The number of hydrogen-bond donors (Lipinski definition) is 0. The SMILES string of the molecule is CC(=O)O[C@@H](C)C(C)c1ccccc1. The van der Waals surface area contributed by atoms with Gasteiger partial charge in [-0.15, -0.1) is 0 Å². The smallest absolute Gasteiger partial charge is 0.302 e. The van der Waals surface area contributed by atoms with E-state index in [2.05, 4.69) is 6.92 Å². The maximum atomic E-state index is 10.8. The van der Waals surface area contributed by atoms with E-state index in [4.69, 9.17) is 4.74 Å². The minimum Gasteiger partial charge on any atom is -0.462 e. The van der Waals surface area contributed by atoms with Gasteiger partial charge in [0.15, 0.2) is 0 Å². The first kappa shape index (κ1) is 10.8. The molecule has 14 heavy (non-hydrogen) atoms. The summed E-state index contributed by atoms with van der Waals surface area (Å²) < 4.78 is 5.13. The molecule has 76 valence electrons. The highest BCUT2D eigenvalue weighted by Gasteiger charge is 2.16. The molecule has 0 fully saturated rings. The first-order valence-corrected chi connectivity index (χ1v) is 4.83. The van der Waals surface area contributed by atoms with Crippen LogP contribution in [0.1, 0.15) is 32.3 Å². The Balaban J connectivity index is 2.65. The van der Waals surface area contributed by atoms with E-state index in [9.17, 15) is 4.79 Å². The van der Waals surface area contributed by atoms with Gasteiger partial charge in [-0.2, -0.15) is 0 Å². The van der Waals surface area contributed by atoms with Gasteiger partial charge in [-0.3, -0.25) is 4.79 Å². The molecule has 0 aliphatic heterocycles. The van der Waals surface area contributed by atoms with Crippen LogP contribution in [0, 0.1) is 0 Å². The number of benzene rings is 1. The number of esters is 1. The second-order valence-electron chi connectivity index (χ2n) is 3.51. The lowest BCUT2D eigenvalue weighted by atomic mass is 9.96. The first-order chi connectivity index (χ1) is 6.61. The topological polar surface area (TPSA) is 26.3 Å². The van der Waals surface area contributed by atoms with Crippen LogP contribution < -0.4 is 0 Å². The van der Waals surface area contributed by atoms with E-state index in [-0.39, 0.29) is 18.0 Å². The molecule has 1 aromatic carbocycles. The lowest BCUT2D eigenvalue weighted by molar-refractivity contribution is -0.146. The Hall–Kier alpha value is -1.31. The molecule has 0 aliphatic rings. The third kappa shape index (κ3) is 2.87. The number of ether oxygens (including phenoxy) is 1. The molecule has 1 aromatic rings. The van der Waals surface area contributed by atoms with Gasteiger partial charge < -0.3 is 4.74 Å². The Morgan fingerprint density at radius 1 is 1.21 bits per heavy atom. The third-order valence-corrected chi connectivity index (χ3v) is 2.38. The third-order valence-electron chi connectivity index (χ3n) is 2.38. The zero-order valence-electron chi connectivity index (χ0n) is 8.86. The largest absolute Gasteiger partial charge is 0.462 e. The van der Waals surface area contributed by atoms with E-state index in [1.165, 1.54) is 12.5 Å². The van der Waals surface area contributed by atoms with Crippen LogP contribution in [-0.4, -0.2) is 12.1 Å². The van der Waals surface area contributed by atoms with Crippen molar-refractivity contribution >= 4 is 5.97 Å². The monoisotopic (exact) mass is 192 g/mol. The van der Waals surface area contributed by atoms with E-state index >= 15 is 0 Å². The molecule has 0 saturated heterocycles. The number of carbonyl (C=O) groups excluding carboxylic acids is 1. The maximum Gasteiger partial charge on any atom is 0.302 e. The average molecular weight is 192 g/mol. The molecule has 0 saturated carbocycles. The van der Waals surface area contributed by atoms with Crippen LogP contribution in [0.5, 0.6) is 0 Å². The Morgan fingerprint density at radius 2 is 1.79 bits per heavy atom. The summed E-state index contributed by atoms with van der Waals surface area (Å²) in [5, 5.41) is 0. The Kier molecular flexibility index (Phi) is 3.69. The van der Waals surface area contributed by atoms with Crippen molar-refractivity contribution in [1.82, 2.24) is 0 Å². The molecule has 1 rings (SSSR count). The quantitative estimate of drug-likeness (QED) is 0.688. The van der Waals surface area contributed by atoms with Crippen molar-refractivity contribution in [2.45, 2.75) is 32.8 Å². The molecular weight excluding hydrogens is 176 g/mol. The van der Waals surface area contributed by atoms with Gasteiger partial charge in [0.25, 0.3) is 0 Å². The summed E-state index contributed by atoms with van der Waals surface area (Å²) in [5.74, 6) is 0.0142. The van der Waals surface area contributed by atoms with Gasteiger partial charge in [0.2, 0.25) is 0 Å². The molecule has 0 N–H and O–H groups in total. The highest BCUT2D eigenvalue weighted by atomic mass is 16.5. The van der Waals surface area contributed by atoms with Crippen molar-refractivity contribution in [3.05, 3.63) is 35.9 Å². The maximum absolute atomic E-state index is 10.8. The van der Waals surface area contributed by atoms with E-state index in [0.717, 1.165) is 0 Å². The van der Waals surface area contributed by atoms with Crippen molar-refractivity contribution in [3.8, 4) is 0 Å². The minimum atomic E-state index is -0.222. The molecule has 2 atom stereocenters. The summed E-state index contributed by atoms with van der Waals surface area (Å²) in [5.41, 5.74) is 1.20. The zero-order chi connectivity index (χ0) is 10.6. The van der Waals surface area contributed by atoms with Gasteiger partial charge in [0, 0.05) is 12.8 Å². The molecule has 2 nitrogen and oxygen atoms in total. The summed E-state index contributed by atoms with van der Waals surface area (Å²) in [6.45, 7) is 5.41. The molecule has 0 aromatic heterocycles. The van der Waals surface area contributed by atoms with Gasteiger partial charge in [0.05, 0.1) is 0 Å². The van der Waals surface area contributed by atoms with Crippen LogP contribution in [0.3, 0.4) is 0 Å². The van der Waals surface area contributed by atoms with E-state index in [0.29, 0.717) is 0 Å². The van der Waals surface area contributed by atoms with Crippen LogP contribution in [0.25, 0.3) is 0 Å². The predicted molar refractivity (Wildman–Crippen MR) is 56.1 cm³/mol. The zero-order valence-corrected chi connectivity index (χ0v) is 8.86. The summed E-state index contributed by atoms with van der Waals surface area (Å²) >= 11 is 0. The van der Waals surface area contributed by atoms with Crippen LogP contribution in [0.15, 0.2) is 30.3 Å². The standard InChI is InChI=1S/C12H16O2/c1-9(10(2)14-11(3)13)12-7-5-4-6-8-12/h4-10H,1-3H3/t9?,10-/m0/s1. The van der Waals surface area contributed by atoms with Gasteiger partial charge in [-0.1, -0.05) is 37.3 Å². The second-order valence-corrected chi connectivity index (χ2v) is 3.51. The van der Waals surface area contributed by atoms with Crippen molar-refractivity contribution in [2.24, 2.45) is 0 Å². The summed E-state index contributed by atoms with van der Waals surface area (Å²) in [6, 6.07) is 10.1. The van der Waals surface area contributed by atoms with Crippen LogP contribution in [0.4, 0.5) is 0 Å². The molecule has 1 unspecified atom stereocenters. The Bertz CT molecular complexity index is 292. The van der Waals surface area contributed by atoms with Crippen LogP contribution in [-0.2, 0) is 9.53 Å². The molecule has 0 radical (unpaired) electrons. The number of hydrogen-bond acceptors (Lipinski definition) is 2. The first-order valence-electron chi connectivity index (χ1n) is 4.83. The lowest BCUT2D eigenvalue weighted by Gasteiger charge is -2.19. The average Bonchev–Trinajstić information content (AvgIpc) is 2.17. The van der Waals surface area contributed by atoms with Gasteiger partial charge >= 0.3 is 5.97 Å². The van der Waals surface area contributed by atoms with Gasteiger partial charge in [-0.25, -0.2) is 0 Å². The van der Waals surface area contributed by atoms with Crippen LogP contribution >= 0.6 is 0 Å². The molecular formula is C12H16O2. The Labute approximate surface area is 84.9 Å². The van der Waals surface area contributed by atoms with Crippen LogP contribution in [0.2, 0.25) is 0 Å². The fourth-order valence-electron chi connectivity index (χ4n) is 1.39. The summed E-state index contributed by atoms with van der Waals surface area (Å²) in [6.07, 6.45) is -0.0742. The number of carbonyl (C=O) groups is 1. The van der Waals surface area contributed by atoms with Gasteiger partial charge in [-0.05, 0) is 12.5 Å². The fourth-order valence-corrected chi connectivity index (χ4v) is 1.39. The molecule has 0 heterocycles. The highest BCUT2D eigenvalue weighted by molar-refractivity contribution is 5.66. The number of rotatable bonds is 3. The molecule has 0 aliphatic carbocycles. The normalized spacial score (nSPS) is 14.5. The van der Waals surface area contributed by atoms with Crippen molar-refractivity contribution in [1.29, 1.82) is 0 Å². The predicted octanol–water partition coefficient (Wildman–Crippen LogP) is 2.74. The van der Waals surface area contributed by atoms with Crippen molar-refractivity contribution in [2.75, 3.05) is 0 Å². The van der Waals surface area contributed by atoms with Gasteiger partial charge in [0.1, 0.15) is 6.10 Å². The van der Waals surface area contributed by atoms with E-state index < -0.39 is 0 Å². The fraction of sp³-hybridized carbons (Fsp3) is 0.417. The Morgan fingerprint density at radius 3 is 2.29 bits per heavy atom. The van der Waals surface area contributed by atoms with Crippen molar-refractivity contribution < 1.29 is 9.53 Å². The van der Waals surface area contributed by atoms with Crippen molar-refractivity contribution in [3.63, 3.8) is 0 Å². The highest BCUT2D eigenvalue weighted by Crippen LogP contribution is 2.20.